The Morgan fingerprint density at radius 1 is 0.884 bits per heavy atom. The molecule has 0 amide bonds. The van der Waals surface area contributed by atoms with Crippen LogP contribution in [-0.2, 0) is 16.6 Å². The van der Waals surface area contributed by atoms with Crippen LogP contribution >= 0.6 is 0 Å². The monoisotopic (exact) mass is 598 g/mol. The summed E-state index contributed by atoms with van der Waals surface area (Å²) < 4.78 is 34.8. The number of nitrogens with zero attached hydrogens (tertiary/aromatic N) is 2. The minimum atomic E-state index is -3.99. The molecular formula is C31H26N4O7S. The van der Waals surface area contributed by atoms with Crippen molar-refractivity contribution in [2.24, 2.45) is 5.92 Å². The van der Waals surface area contributed by atoms with Gasteiger partial charge in [-0.3, -0.25) is 25.0 Å². The second-order valence-corrected chi connectivity index (χ2v) is 12.1. The third kappa shape index (κ3) is 5.77. The predicted octanol–water partition coefficient (Wildman–Crippen LogP) is 6.71. The van der Waals surface area contributed by atoms with Gasteiger partial charge < -0.3 is 10.1 Å². The van der Waals surface area contributed by atoms with E-state index < -0.39 is 19.9 Å². The van der Waals surface area contributed by atoms with E-state index in [-0.39, 0.29) is 46.4 Å². The molecule has 1 aliphatic carbocycles. The molecule has 43 heavy (non-hydrogen) atoms. The number of nitrogens with one attached hydrogen (secondary N) is 2. The molecule has 11 nitrogen and oxygen atoms in total. The predicted molar refractivity (Wildman–Crippen MR) is 161 cm³/mol. The number of sulfonamides is 1. The molecule has 0 saturated carbocycles. The second kappa shape index (κ2) is 11.2. The molecule has 1 aliphatic heterocycles. The summed E-state index contributed by atoms with van der Waals surface area (Å²) in [5, 5.41) is 25.6. The summed E-state index contributed by atoms with van der Waals surface area (Å²) >= 11 is 0. The summed E-state index contributed by atoms with van der Waals surface area (Å²) in [4.78, 5) is 21.0. The van der Waals surface area contributed by atoms with E-state index in [1.54, 1.807) is 24.3 Å². The first-order chi connectivity index (χ1) is 20.7. The lowest BCUT2D eigenvalue weighted by atomic mass is 9.77. The molecule has 12 heteroatoms. The fourth-order valence-corrected chi connectivity index (χ4v) is 6.70. The average Bonchev–Trinajstić information content (AvgIpc) is 3.50. The summed E-state index contributed by atoms with van der Waals surface area (Å²) in [6.45, 7) is 0.280. The van der Waals surface area contributed by atoms with Gasteiger partial charge in [-0.1, -0.05) is 30.4 Å². The number of allylic oxidation sites excluding steroid dienone is 2. The second-order valence-electron chi connectivity index (χ2n) is 10.4. The highest BCUT2D eigenvalue weighted by Crippen LogP contribution is 2.50. The summed E-state index contributed by atoms with van der Waals surface area (Å²) in [5.74, 6) is 0.847. The van der Waals surface area contributed by atoms with E-state index >= 15 is 0 Å². The zero-order chi connectivity index (χ0) is 30.1. The highest BCUT2D eigenvalue weighted by atomic mass is 32.2. The zero-order valence-electron chi connectivity index (χ0n) is 22.6. The zero-order valence-corrected chi connectivity index (χ0v) is 23.4. The molecule has 0 spiro atoms. The van der Waals surface area contributed by atoms with Gasteiger partial charge in [0.1, 0.15) is 12.4 Å². The van der Waals surface area contributed by atoms with Gasteiger partial charge in [0.05, 0.1) is 26.5 Å². The molecule has 4 aromatic carbocycles. The summed E-state index contributed by atoms with van der Waals surface area (Å²) in [6, 6.07) is 24.4. The van der Waals surface area contributed by atoms with E-state index in [9.17, 15) is 28.6 Å². The third-order valence-corrected chi connectivity index (χ3v) is 9.12. The van der Waals surface area contributed by atoms with Crippen LogP contribution in [0.25, 0.3) is 0 Å². The fourth-order valence-electron chi connectivity index (χ4n) is 5.62. The number of nitro groups is 2. The molecule has 0 saturated heterocycles. The van der Waals surface area contributed by atoms with Gasteiger partial charge in [0.25, 0.3) is 21.4 Å². The smallest absolute Gasteiger partial charge is 0.271 e. The van der Waals surface area contributed by atoms with Crippen molar-refractivity contribution in [3.63, 3.8) is 0 Å². The molecule has 0 aromatic heterocycles. The number of benzene rings is 4. The van der Waals surface area contributed by atoms with Crippen LogP contribution < -0.4 is 14.8 Å². The fraction of sp³-hybridized carbons (Fsp3) is 0.161. The SMILES string of the molecule is O=[N+]([O-])c1ccc(COc2ccc([C@H]3Nc4ccc(S(=O)(=O)Nc5cccc([N+](=O)[O-])c5)cc4[C@H]4C=CC[C@H]43)cc2)cc1. The minimum absolute atomic E-state index is 0.00674. The van der Waals surface area contributed by atoms with Crippen molar-refractivity contribution in [2.45, 2.75) is 29.9 Å². The minimum Gasteiger partial charge on any atom is -0.489 e. The van der Waals surface area contributed by atoms with Crippen molar-refractivity contribution >= 4 is 32.8 Å². The lowest BCUT2D eigenvalue weighted by Gasteiger charge is -2.37. The van der Waals surface area contributed by atoms with Gasteiger partial charge >= 0.3 is 0 Å². The number of non-ortho nitro benzene ring substituents is 2. The number of anilines is 2. The quantitative estimate of drug-likeness (QED) is 0.122. The van der Waals surface area contributed by atoms with Gasteiger partial charge in [-0.2, -0.15) is 0 Å². The maximum Gasteiger partial charge on any atom is 0.271 e. The van der Waals surface area contributed by atoms with Crippen LogP contribution in [0.1, 0.15) is 35.1 Å². The Bertz CT molecular complexity index is 1840. The first kappa shape index (κ1) is 27.9. The Morgan fingerprint density at radius 3 is 2.35 bits per heavy atom. The first-order valence-corrected chi connectivity index (χ1v) is 15.0. The Labute approximate surface area is 247 Å². The molecular weight excluding hydrogens is 572 g/mol. The Morgan fingerprint density at radius 2 is 1.63 bits per heavy atom. The molecule has 2 N–H and O–H groups in total. The van der Waals surface area contributed by atoms with Crippen molar-refractivity contribution in [2.75, 3.05) is 10.0 Å². The van der Waals surface area contributed by atoms with Crippen molar-refractivity contribution in [1.29, 1.82) is 0 Å². The van der Waals surface area contributed by atoms with E-state index in [0.717, 1.165) is 28.8 Å². The van der Waals surface area contributed by atoms with Crippen molar-refractivity contribution < 1.29 is 23.0 Å². The van der Waals surface area contributed by atoms with E-state index in [4.69, 9.17) is 4.74 Å². The number of nitro benzene ring substituents is 2. The van der Waals surface area contributed by atoms with E-state index in [0.29, 0.717) is 5.75 Å². The largest absolute Gasteiger partial charge is 0.489 e. The lowest BCUT2D eigenvalue weighted by Crippen LogP contribution is -2.29. The molecule has 0 bridgehead atoms. The van der Waals surface area contributed by atoms with Crippen molar-refractivity contribution in [3.8, 4) is 5.75 Å². The molecule has 0 fully saturated rings. The number of rotatable bonds is 9. The molecule has 2 aliphatic rings. The van der Waals surface area contributed by atoms with Crippen LogP contribution in [0, 0.1) is 26.1 Å². The van der Waals surface area contributed by atoms with Gasteiger partial charge in [-0.05, 0) is 77.6 Å². The van der Waals surface area contributed by atoms with E-state index in [2.05, 4.69) is 22.2 Å². The number of hydrogen-bond acceptors (Lipinski definition) is 8. The van der Waals surface area contributed by atoms with E-state index in [1.807, 2.05) is 24.3 Å². The first-order valence-electron chi connectivity index (χ1n) is 13.5. The number of hydrogen-bond donors (Lipinski definition) is 2. The maximum atomic E-state index is 13.2. The standard InChI is InChI=1S/C31H26N4O7S/c36-34(37)23-11-7-20(8-12-23)19-42-25-13-9-21(10-14-25)31-28-6-2-5-27(28)29-18-26(15-16-30(29)32-31)43(40,41)33-22-3-1-4-24(17-22)35(38)39/h1-5,7-18,27-28,31-33H,6,19H2/t27-,28+,31+/m0/s1. The third-order valence-electron chi connectivity index (χ3n) is 7.75. The van der Waals surface area contributed by atoms with E-state index in [1.165, 1.54) is 42.5 Å². The normalized spacial score (nSPS) is 18.7. The van der Waals surface area contributed by atoms with Gasteiger partial charge in [0.2, 0.25) is 0 Å². The number of ether oxygens (including phenoxy) is 1. The molecule has 4 aromatic rings. The Hall–Kier alpha value is -5.23. The van der Waals surface area contributed by atoms with Gasteiger partial charge in [0, 0.05) is 35.9 Å². The lowest BCUT2D eigenvalue weighted by molar-refractivity contribution is -0.385. The molecule has 0 radical (unpaired) electrons. The maximum absolute atomic E-state index is 13.2. The molecule has 3 atom stereocenters. The topological polar surface area (TPSA) is 154 Å². The summed E-state index contributed by atoms with van der Waals surface area (Å²) in [5.41, 5.74) is 3.54. The van der Waals surface area contributed by atoms with Crippen LogP contribution in [0.5, 0.6) is 5.75 Å². The average molecular weight is 599 g/mol. The van der Waals surface area contributed by atoms with Gasteiger partial charge in [-0.25, -0.2) is 8.42 Å². The summed E-state index contributed by atoms with van der Waals surface area (Å²) in [6.07, 6.45) is 5.05. The molecule has 6 rings (SSSR count). The Balaban J connectivity index is 1.18. The van der Waals surface area contributed by atoms with Crippen molar-refractivity contribution in [3.05, 3.63) is 140 Å². The van der Waals surface area contributed by atoms with Gasteiger partial charge in [-0.15, -0.1) is 0 Å². The summed E-state index contributed by atoms with van der Waals surface area (Å²) in [7, 11) is -3.99. The van der Waals surface area contributed by atoms with Crippen LogP contribution in [0.3, 0.4) is 0 Å². The molecule has 218 valence electrons. The molecule has 1 heterocycles. The van der Waals surface area contributed by atoms with Crippen LogP contribution in [0.2, 0.25) is 0 Å². The van der Waals surface area contributed by atoms with Crippen molar-refractivity contribution in [1.82, 2.24) is 0 Å². The van der Waals surface area contributed by atoms with Crippen LogP contribution in [0.15, 0.2) is 108 Å². The number of fused-ring (bicyclic) bond motifs is 3. The van der Waals surface area contributed by atoms with Crippen LogP contribution in [0.4, 0.5) is 22.7 Å². The highest BCUT2D eigenvalue weighted by Gasteiger charge is 2.38. The Kier molecular flexibility index (Phi) is 7.28. The van der Waals surface area contributed by atoms with Crippen LogP contribution in [-0.4, -0.2) is 18.3 Å². The molecule has 0 unspecified atom stereocenters. The van der Waals surface area contributed by atoms with Gasteiger partial charge in [0.15, 0.2) is 0 Å². The highest BCUT2D eigenvalue weighted by molar-refractivity contribution is 7.92.